The van der Waals surface area contributed by atoms with Crippen molar-refractivity contribution in [3.05, 3.63) is 24.3 Å². The molecule has 0 bridgehead atoms. The monoisotopic (exact) mass is 374 g/mol. The number of anilines is 1. The molecule has 0 saturated carbocycles. The summed E-state index contributed by atoms with van der Waals surface area (Å²) in [6, 6.07) is 7.91. The van der Waals surface area contributed by atoms with Crippen molar-refractivity contribution in [2.45, 2.75) is 0 Å². The van der Waals surface area contributed by atoms with Crippen molar-refractivity contribution in [3.63, 3.8) is 0 Å². The third kappa shape index (κ3) is 4.05. The number of rotatable bonds is 2. The molecule has 6 nitrogen and oxygen atoms in total. The van der Waals surface area contributed by atoms with E-state index in [4.69, 9.17) is 0 Å². The fourth-order valence-electron chi connectivity index (χ4n) is 1.65. The normalized spacial score (nSPS) is 14.6. The number of hydrogen-bond donors (Lipinski definition) is 0. The number of guanidine groups is 1. The molecule has 0 atom stereocenters. The van der Waals surface area contributed by atoms with Gasteiger partial charge in [-0.3, -0.25) is 5.01 Å². The molecule has 0 amide bonds. The predicted molar refractivity (Wildman–Crippen MR) is 88.5 cm³/mol. The Kier molecular flexibility index (Phi) is 5.52. The Hall–Kier alpha value is -1.38. The Labute approximate surface area is 130 Å². The molecule has 1 aliphatic heterocycles. The maximum Gasteiger partial charge on any atom is 0.263 e. The zero-order chi connectivity index (χ0) is 13.1. The minimum Gasteiger partial charge on any atom is -0.378 e. The van der Waals surface area contributed by atoms with Crippen LogP contribution in [-0.4, -0.2) is 50.7 Å². The van der Waals surface area contributed by atoms with E-state index in [1.54, 1.807) is 0 Å². The molecule has 0 fully saturated rings. The van der Waals surface area contributed by atoms with Gasteiger partial charge in [0.05, 0.1) is 5.69 Å². The van der Waals surface area contributed by atoms with E-state index in [0.717, 1.165) is 18.0 Å². The summed E-state index contributed by atoms with van der Waals surface area (Å²) in [5.41, 5.74) is 1.97. The van der Waals surface area contributed by atoms with Crippen molar-refractivity contribution in [2.75, 3.05) is 39.8 Å². The van der Waals surface area contributed by atoms with E-state index in [1.165, 1.54) is 0 Å². The summed E-state index contributed by atoms with van der Waals surface area (Å²) in [7, 11) is 7.87. The molecule has 104 valence electrons. The van der Waals surface area contributed by atoms with Gasteiger partial charge in [-0.1, -0.05) is 0 Å². The standard InChI is InChI=1S/C12H18N6.HI/c1-16(2)11-7-5-10(6-8-11)13-14-12-15-18(4)9-17(12)3;/h5-8H,9H2,1-4H3;1H. The number of azo groups is 1. The van der Waals surface area contributed by atoms with Gasteiger partial charge in [0.25, 0.3) is 5.96 Å². The van der Waals surface area contributed by atoms with Crippen LogP contribution in [0.15, 0.2) is 39.6 Å². The van der Waals surface area contributed by atoms with E-state index < -0.39 is 0 Å². The SMILES string of the molecule is CN1CN(C)C(N=Nc2ccc(N(C)C)cc2)=N1.I. The fraction of sp³-hybridized carbons (Fsp3) is 0.417. The minimum atomic E-state index is 0. The van der Waals surface area contributed by atoms with Crippen molar-refractivity contribution in [1.29, 1.82) is 0 Å². The Morgan fingerprint density at radius 3 is 2.21 bits per heavy atom. The zero-order valence-corrected chi connectivity index (χ0v) is 13.9. The van der Waals surface area contributed by atoms with Crippen LogP contribution in [0.4, 0.5) is 11.4 Å². The summed E-state index contributed by atoms with van der Waals surface area (Å²) in [6.45, 7) is 0.744. The lowest BCUT2D eigenvalue weighted by Crippen LogP contribution is -2.23. The van der Waals surface area contributed by atoms with Crippen LogP contribution in [0, 0.1) is 0 Å². The zero-order valence-electron chi connectivity index (χ0n) is 11.6. The number of hydrogen-bond acceptors (Lipinski definition) is 6. The van der Waals surface area contributed by atoms with Gasteiger partial charge in [0.2, 0.25) is 0 Å². The van der Waals surface area contributed by atoms with E-state index in [1.807, 2.05) is 67.3 Å². The van der Waals surface area contributed by atoms with Crippen molar-refractivity contribution < 1.29 is 0 Å². The van der Waals surface area contributed by atoms with Crippen LogP contribution in [0.3, 0.4) is 0 Å². The first-order valence-corrected chi connectivity index (χ1v) is 5.76. The van der Waals surface area contributed by atoms with Gasteiger partial charge in [-0.15, -0.1) is 39.3 Å². The third-order valence-electron chi connectivity index (χ3n) is 2.64. The average molecular weight is 374 g/mol. The highest BCUT2D eigenvalue weighted by Gasteiger charge is 2.15. The lowest BCUT2D eigenvalue weighted by atomic mass is 10.3. The Bertz CT molecular complexity index is 468. The molecule has 1 aromatic rings. The second kappa shape index (κ2) is 6.69. The molecule has 0 unspecified atom stereocenters. The summed E-state index contributed by atoms with van der Waals surface area (Å²) in [4.78, 5) is 3.99. The van der Waals surface area contributed by atoms with Crippen molar-refractivity contribution in [3.8, 4) is 0 Å². The molecule has 1 heterocycles. The highest BCUT2D eigenvalue weighted by molar-refractivity contribution is 14.0. The van der Waals surface area contributed by atoms with Crippen molar-refractivity contribution in [1.82, 2.24) is 9.91 Å². The second-order valence-corrected chi connectivity index (χ2v) is 4.51. The Morgan fingerprint density at radius 2 is 1.74 bits per heavy atom. The number of halogens is 1. The summed E-state index contributed by atoms with van der Waals surface area (Å²) >= 11 is 0. The van der Waals surface area contributed by atoms with Gasteiger partial charge in [0, 0.05) is 33.9 Å². The average Bonchev–Trinajstić information content (AvgIpc) is 2.66. The molecule has 0 N–H and O–H groups in total. The number of nitrogens with zero attached hydrogens (tertiary/aromatic N) is 6. The molecule has 0 aliphatic carbocycles. The van der Waals surface area contributed by atoms with Crippen LogP contribution >= 0.6 is 24.0 Å². The summed E-state index contributed by atoms with van der Waals surface area (Å²) in [6.07, 6.45) is 0. The maximum absolute atomic E-state index is 4.24. The largest absolute Gasteiger partial charge is 0.378 e. The molecule has 0 saturated heterocycles. The first-order valence-electron chi connectivity index (χ1n) is 5.76. The summed E-state index contributed by atoms with van der Waals surface area (Å²) in [5.74, 6) is 0.634. The van der Waals surface area contributed by atoms with E-state index in [0.29, 0.717) is 5.96 Å². The first-order chi connectivity index (χ1) is 8.56. The van der Waals surface area contributed by atoms with Crippen LogP contribution in [0.25, 0.3) is 0 Å². The van der Waals surface area contributed by atoms with Gasteiger partial charge in [-0.25, -0.2) is 0 Å². The molecule has 7 heteroatoms. The predicted octanol–water partition coefficient (Wildman–Crippen LogP) is 2.56. The molecule has 0 radical (unpaired) electrons. The van der Waals surface area contributed by atoms with Crippen LogP contribution < -0.4 is 4.90 Å². The van der Waals surface area contributed by atoms with Crippen LogP contribution in [-0.2, 0) is 0 Å². The lowest BCUT2D eigenvalue weighted by molar-refractivity contribution is 0.302. The van der Waals surface area contributed by atoms with Gasteiger partial charge in [-0.2, -0.15) is 0 Å². The molecule has 0 spiro atoms. The smallest absolute Gasteiger partial charge is 0.263 e. The van der Waals surface area contributed by atoms with Crippen LogP contribution in [0.2, 0.25) is 0 Å². The Morgan fingerprint density at radius 1 is 1.11 bits per heavy atom. The third-order valence-corrected chi connectivity index (χ3v) is 2.64. The molecular weight excluding hydrogens is 355 g/mol. The topological polar surface area (TPSA) is 46.8 Å². The maximum atomic E-state index is 4.24. The summed E-state index contributed by atoms with van der Waals surface area (Å²) in [5, 5.41) is 14.4. The second-order valence-electron chi connectivity index (χ2n) is 4.51. The van der Waals surface area contributed by atoms with E-state index >= 15 is 0 Å². The molecule has 1 aromatic carbocycles. The highest BCUT2D eigenvalue weighted by Crippen LogP contribution is 2.18. The lowest BCUT2D eigenvalue weighted by Gasteiger charge is -2.11. The van der Waals surface area contributed by atoms with Crippen LogP contribution in [0.5, 0.6) is 0 Å². The first kappa shape index (κ1) is 15.7. The Balaban J connectivity index is 0.00000180. The number of hydrazone groups is 1. The van der Waals surface area contributed by atoms with Crippen molar-refractivity contribution in [2.24, 2.45) is 15.3 Å². The molecule has 0 aromatic heterocycles. The molecule has 2 rings (SSSR count). The molecule has 19 heavy (non-hydrogen) atoms. The van der Waals surface area contributed by atoms with Gasteiger partial charge in [0.15, 0.2) is 0 Å². The fourth-order valence-corrected chi connectivity index (χ4v) is 1.65. The van der Waals surface area contributed by atoms with Gasteiger partial charge >= 0.3 is 0 Å². The van der Waals surface area contributed by atoms with E-state index in [-0.39, 0.29) is 24.0 Å². The van der Waals surface area contributed by atoms with Crippen LogP contribution in [0.1, 0.15) is 0 Å². The minimum absolute atomic E-state index is 0. The van der Waals surface area contributed by atoms with E-state index in [9.17, 15) is 0 Å². The van der Waals surface area contributed by atoms with E-state index in [2.05, 4.69) is 15.3 Å². The highest BCUT2D eigenvalue weighted by atomic mass is 127. The number of benzene rings is 1. The van der Waals surface area contributed by atoms with Gasteiger partial charge in [-0.05, 0) is 24.3 Å². The van der Waals surface area contributed by atoms with Gasteiger partial charge in [0.1, 0.15) is 6.67 Å². The quantitative estimate of drug-likeness (QED) is 0.591. The summed E-state index contributed by atoms with van der Waals surface area (Å²) < 4.78 is 0. The van der Waals surface area contributed by atoms with Gasteiger partial charge < -0.3 is 9.80 Å². The van der Waals surface area contributed by atoms with Crippen molar-refractivity contribution >= 4 is 41.3 Å². The molecular formula is C12H19IN6. The molecule has 1 aliphatic rings.